The summed E-state index contributed by atoms with van der Waals surface area (Å²) in [6.45, 7) is 3.04. The largest absolute Gasteiger partial charge is 0.496 e. The molecule has 0 fully saturated rings. The lowest BCUT2D eigenvalue weighted by molar-refractivity contribution is 0.0940. The number of carbonyl (C=O) groups is 1. The van der Waals surface area contributed by atoms with E-state index in [1.165, 1.54) is 0 Å². The molecule has 0 N–H and O–H groups in total. The molecule has 110 valence electrons. The van der Waals surface area contributed by atoms with Gasteiger partial charge < -0.3 is 4.74 Å². The van der Waals surface area contributed by atoms with Crippen LogP contribution < -0.4 is 4.74 Å². The van der Waals surface area contributed by atoms with E-state index in [9.17, 15) is 4.79 Å². The average Bonchev–Trinajstić information content (AvgIpc) is 2.47. The van der Waals surface area contributed by atoms with Crippen molar-refractivity contribution in [2.75, 3.05) is 20.7 Å². The van der Waals surface area contributed by atoms with Crippen molar-refractivity contribution in [1.29, 1.82) is 0 Å². The lowest BCUT2D eigenvalue weighted by Gasteiger charge is -2.17. The van der Waals surface area contributed by atoms with Crippen LogP contribution >= 0.6 is 0 Å². The Labute approximate surface area is 125 Å². The third-order valence-electron chi connectivity index (χ3n) is 3.27. The molecule has 0 aliphatic heterocycles. The van der Waals surface area contributed by atoms with Crippen LogP contribution in [-0.2, 0) is 6.54 Å². The first-order chi connectivity index (χ1) is 10.1. The normalized spacial score (nSPS) is 10.7. The van der Waals surface area contributed by atoms with E-state index in [0.29, 0.717) is 24.4 Å². The van der Waals surface area contributed by atoms with Gasteiger partial charge in [-0.15, -0.1) is 0 Å². The number of carbonyl (C=O) groups excluding carboxylic acids is 1. The van der Waals surface area contributed by atoms with Gasteiger partial charge in [0.2, 0.25) is 0 Å². The van der Waals surface area contributed by atoms with E-state index in [1.54, 1.807) is 19.5 Å². The molecule has 0 saturated heterocycles. The summed E-state index contributed by atoms with van der Waals surface area (Å²) in [4.78, 5) is 18.4. The Morgan fingerprint density at radius 2 is 1.95 bits per heavy atom. The van der Waals surface area contributed by atoms with Gasteiger partial charge >= 0.3 is 0 Å². The second kappa shape index (κ2) is 6.99. The first kappa shape index (κ1) is 15.2. The number of benzene rings is 1. The fraction of sp³-hybridized carbons (Fsp3) is 0.294. The van der Waals surface area contributed by atoms with Gasteiger partial charge in [-0.25, -0.2) is 0 Å². The maximum absolute atomic E-state index is 12.4. The van der Waals surface area contributed by atoms with Crippen LogP contribution in [-0.4, -0.2) is 36.4 Å². The van der Waals surface area contributed by atoms with E-state index >= 15 is 0 Å². The topological polar surface area (TPSA) is 42.4 Å². The van der Waals surface area contributed by atoms with Gasteiger partial charge in [0.05, 0.1) is 19.2 Å². The van der Waals surface area contributed by atoms with Crippen LogP contribution in [0.15, 0.2) is 42.7 Å². The van der Waals surface area contributed by atoms with Gasteiger partial charge in [0.25, 0.3) is 0 Å². The number of Topliss-reactive ketones (excluding diaryl/α,β-unsaturated/α-hetero) is 1. The second-order valence-corrected chi connectivity index (χ2v) is 5.15. The molecule has 0 spiro atoms. The predicted octanol–water partition coefficient (Wildman–Crippen LogP) is 2.71. The minimum absolute atomic E-state index is 0.0587. The minimum Gasteiger partial charge on any atom is -0.496 e. The van der Waals surface area contributed by atoms with Crippen LogP contribution in [0.5, 0.6) is 5.75 Å². The number of hydrogen-bond donors (Lipinski definition) is 0. The molecule has 0 aliphatic carbocycles. The fourth-order valence-corrected chi connectivity index (χ4v) is 2.21. The highest BCUT2D eigenvalue weighted by atomic mass is 16.5. The number of ether oxygens (including phenoxy) is 1. The zero-order valence-electron chi connectivity index (χ0n) is 12.7. The molecule has 2 rings (SSSR count). The highest BCUT2D eigenvalue weighted by Gasteiger charge is 2.14. The average molecular weight is 284 g/mol. The highest BCUT2D eigenvalue weighted by Crippen LogP contribution is 2.20. The first-order valence-corrected chi connectivity index (χ1v) is 6.85. The van der Waals surface area contributed by atoms with E-state index in [-0.39, 0.29) is 5.78 Å². The summed E-state index contributed by atoms with van der Waals surface area (Å²) in [5, 5.41) is 0. The van der Waals surface area contributed by atoms with E-state index in [4.69, 9.17) is 4.74 Å². The summed E-state index contributed by atoms with van der Waals surface area (Å²) in [6.07, 6.45) is 3.52. The highest BCUT2D eigenvalue weighted by molar-refractivity contribution is 6.00. The molecule has 0 amide bonds. The molecule has 1 aromatic heterocycles. The molecule has 4 nitrogen and oxygen atoms in total. The van der Waals surface area contributed by atoms with Gasteiger partial charge in [0.1, 0.15) is 5.75 Å². The van der Waals surface area contributed by atoms with Crippen LogP contribution in [0.25, 0.3) is 0 Å². The van der Waals surface area contributed by atoms with Gasteiger partial charge in [-0.1, -0.05) is 6.07 Å². The quantitative estimate of drug-likeness (QED) is 0.765. The molecule has 0 bridgehead atoms. The lowest BCUT2D eigenvalue weighted by Crippen LogP contribution is -2.26. The zero-order valence-corrected chi connectivity index (χ0v) is 12.7. The smallest absolute Gasteiger partial charge is 0.180 e. The number of likely N-dealkylation sites (N-methyl/N-ethyl adjacent to an activating group) is 1. The molecular weight excluding hydrogens is 264 g/mol. The zero-order chi connectivity index (χ0) is 15.2. The third kappa shape index (κ3) is 4.13. The summed E-state index contributed by atoms with van der Waals surface area (Å²) in [6, 6.07) is 9.55. The molecular formula is C17H20N2O2. The Morgan fingerprint density at radius 3 is 2.62 bits per heavy atom. The van der Waals surface area contributed by atoms with Crippen molar-refractivity contribution in [3.05, 3.63) is 59.4 Å². The van der Waals surface area contributed by atoms with Crippen molar-refractivity contribution in [2.45, 2.75) is 13.5 Å². The summed E-state index contributed by atoms with van der Waals surface area (Å²) >= 11 is 0. The predicted molar refractivity (Wildman–Crippen MR) is 82.6 cm³/mol. The van der Waals surface area contributed by atoms with Crippen LogP contribution in [0.4, 0.5) is 0 Å². The first-order valence-electron chi connectivity index (χ1n) is 6.85. The number of aryl methyl sites for hydroxylation is 1. The van der Waals surface area contributed by atoms with Gasteiger partial charge in [-0.2, -0.15) is 0 Å². The van der Waals surface area contributed by atoms with Crippen LogP contribution in [0.1, 0.15) is 21.5 Å². The molecule has 2 aromatic rings. The molecule has 0 aliphatic rings. The molecule has 0 radical (unpaired) electrons. The summed E-state index contributed by atoms with van der Waals surface area (Å²) in [5.74, 6) is 0.695. The van der Waals surface area contributed by atoms with Crippen molar-refractivity contribution in [2.24, 2.45) is 0 Å². The molecule has 0 unspecified atom stereocenters. The Balaban J connectivity index is 2.04. The third-order valence-corrected chi connectivity index (χ3v) is 3.27. The molecule has 0 atom stereocenters. The number of ketones is 1. The van der Waals surface area contributed by atoms with Gasteiger partial charge in [-0.05, 0) is 49.4 Å². The number of nitrogens with zero attached hydrogens (tertiary/aromatic N) is 2. The molecule has 4 heteroatoms. The SMILES string of the molecule is COc1cc(C)ccc1C(=O)CN(C)Cc1ccncc1. The maximum atomic E-state index is 12.4. The van der Waals surface area contributed by atoms with E-state index < -0.39 is 0 Å². The molecule has 1 heterocycles. The Kier molecular flexibility index (Phi) is 5.06. The van der Waals surface area contributed by atoms with E-state index in [1.807, 2.05) is 49.2 Å². The maximum Gasteiger partial charge on any atom is 0.180 e. The Bertz CT molecular complexity index is 611. The number of methoxy groups -OCH3 is 1. The number of rotatable bonds is 6. The monoisotopic (exact) mass is 284 g/mol. The minimum atomic E-state index is 0.0587. The van der Waals surface area contributed by atoms with Gasteiger partial charge in [0, 0.05) is 18.9 Å². The van der Waals surface area contributed by atoms with Crippen molar-refractivity contribution in [3.8, 4) is 5.75 Å². The molecule has 21 heavy (non-hydrogen) atoms. The van der Waals surface area contributed by atoms with Crippen molar-refractivity contribution in [3.63, 3.8) is 0 Å². The van der Waals surface area contributed by atoms with Crippen LogP contribution in [0.2, 0.25) is 0 Å². The number of aromatic nitrogens is 1. The van der Waals surface area contributed by atoms with Crippen molar-refractivity contribution < 1.29 is 9.53 Å². The van der Waals surface area contributed by atoms with Crippen molar-refractivity contribution >= 4 is 5.78 Å². The fourth-order valence-electron chi connectivity index (χ4n) is 2.21. The molecule has 1 aromatic carbocycles. The summed E-state index contributed by atoms with van der Waals surface area (Å²) in [7, 11) is 3.52. The summed E-state index contributed by atoms with van der Waals surface area (Å²) < 4.78 is 5.30. The van der Waals surface area contributed by atoms with Crippen LogP contribution in [0, 0.1) is 6.92 Å². The number of pyridine rings is 1. The Morgan fingerprint density at radius 1 is 1.24 bits per heavy atom. The molecule has 0 saturated carbocycles. The standard InChI is InChI=1S/C17H20N2O2/c1-13-4-5-15(17(10-13)21-3)16(20)12-19(2)11-14-6-8-18-9-7-14/h4-10H,11-12H2,1-3H3. The van der Waals surface area contributed by atoms with Crippen molar-refractivity contribution in [1.82, 2.24) is 9.88 Å². The summed E-state index contributed by atoms with van der Waals surface area (Å²) in [5.41, 5.74) is 2.84. The second-order valence-electron chi connectivity index (χ2n) is 5.15. The Hall–Kier alpha value is -2.20. The van der Waals surface area contributed by atoms with Crippen LogP contribution in [0.3, 0.4) is 0 Å². The van der Waals surface area contributed by atoms with Gasteiger partial charge in [-0.3, -0.25) is 14.7 Å². The van der Waals surface area contributed by atoms with E-state index in [0.717, 1.165) is 11.1 Å². The van der Waals surface area contributed by atoms with E-state index in [2.05, 4.69) is 4.98 Å². The number of hydrogen-bond acceptors (Lipinski definition) is 4. The van der Waals surface area contributed by atoms with Gasteiger partial charge in [0.15, 0.2) is 5.78 Å². The lowest BCUT2D eigenvalue weighted by atomic mass is 10.1.